The molecule has 13 heavy (non-hydrogen) atoms. The van der Waals surface area contributed by atoms with Gasteiger partial charge in [-0.3, -0.25) is 0 Å². The van der Waals surface area contributed by atoms with Gasteiger partial charge in [0.1, 0.15) is 0 Å². The van der Waals surface area contributed by atoms with Gasteiger partial charge in [0.05, 0.1) is 12.1 Å². The lowest BCUT2D eigenvalue weighted by atomic mass is 10.2. The van der Waals surface area contributed by atoms with Gasteiger partial charge < -0.3 is 15.3 Å². The predicted octanol–water partition coefficient (Wildman–Crippen LogP) is 0.391. The molecule has 74 valence electrons. The van der Waals surface area contributed by atoms with E-state index >= 15 is 0 Å². The summed E-state index contributed by atoms with van der Waals surface area (Å²) in [6.45, 7) is 3.69. The van der Waals surface area contributed by atoms with Crippen molar-refractivity contribution in [2.75, 3.05) is 5.75 Å². The first-order chi connectivity index (χ1) is 6.01. The lowest BCUT2D eigenvalue weighted by Gasteiger charge is -2.13. The fourth-order valence-corrected chi connectivity index (χ4v) is 1.35. The largest absolute Gasteiger partial charge is 0.415 e. The molecule has 0 amide bonds. The molecule has 0 atom stereocenters. The molecule has 1 heterocycles. The van der Waals surface area contributed by atoms with Crippen LogP contribution in [0.1, 0.15) is 19.7 Å². The highest BCUT2D eigenvalue weighted by Gasteiger charge is 2.15. The maximum Gasteiger partial charge on any atom is 0.276 e. The molecule has 0 unspecified atom stereocenters. The van der Waals surface area contributed by atoms with Crippen molar-refractivity contribution >= 4 is 11.8 Å². The number of rotatable bonds is 4. The van der Waals surface area contributed by atoms with Gasteiger partial charge >= 0.3 is 0 Å². The monoisotopic (exact) mass is 203 g/mol. The number of hydrogen-bond donors (Lipinski definition) is 2. The molecule has 1 rings (SSSR count). The van der Waals surface area contributed by atoms with Gasteiger partial charge in [-0.25, -0.2) is 0 Å². The molecule has 0 fully saturated rings. The number of nitrogens with zero attached hydrogens (tertiary/aromatic N) is 2. The molecule has 0 aliphatic carbocycles. The predicted molar refractivity (Wildman–Crippen MR) is 49.2 cm³/mol. The fraction of sp³-hybridized carbons (Fsp3) is 0.714. The Morgan fingerprint density at radius 1 is 1.54 bits per heavy atom. The van der Waals surface area contributed by atoms with Crippen LogP contribution >= 0.6 is 11.8 Å². The normalized spacial score (nSPS) is 12.0. The van der Waals surface area contributed by atoms with Gasteiger partial charge in [-0.15, -0.1) is 10.2 Å². The molecular formula is C7H13N3O2S. The number of thioether (sulfide) groups is 1. The van der Waals surface area contributed by atoms with E-state index in [0.29, 0.717) is 16.9 Å². The van der Waals surface area contributed by atoms with Crippen molar-refractivity contribution in [1.82, 2.24) is 10.2 Å². The zero-order valence-electron chi connectivity index (χ0n) is 7.65. The molecule has 0 aromatic carbocycles. The summed E-state index contributed by atoms with van der Waals surface area (Å²) in [6, 6.07) is 0. The first kappa shape index (κ1) is 10.5. The van der Waals surface area contributed by atoms with Crippen LogP contribution in [0, 0.1) is 0 Å². The zero-order valence-corrected chi connectivity index (χ0v) is 8.47. The Hall–Kier alpha value is -0.590. The smallest absolute Gasteiger partial charge is 0.276 e. The summed E-state index contributed by atoms with van der Waals surface area (Å²) in [4.78, 5) is 0. The number of nitrogens with two attached hydrogens (primary N) is 1. The van der Waals surface area contributed by atoms with Gasteiger partial charge in [0.2, 0.25) is 5.89 Å². The third kappa shape index (κ3) is 3.75. The highest BCUT2D eigenvalue weighted by molar-refractivity contribution is 7.99. The molecule has 0 spiro atoms. The van der Waals surface area contributed by atoms with Crippen LogP contribution in [-0.2, 0) is 6.54 Å². The molecule has 5 nitrogen and oxygen atoms in total. The van der Waals surface area contributed by atoms with Crippen LogP contribution < -0.4 is 5.73 Å². The van der Waals surface area contributed by atoms with Gasteiger partial charge in [-0.05, 0) is 13.8 Å². The van der Waals surface area contributed by atoms with Crippen molar-refractivity contribution in [3.05, 3.63) is 5.89 Å². The number of hydrogen-bond acceptors (Lipinski definition) is 6. The van der Waals surface area contributed by atoms with Gasteiger partial charge in [0.15, 0.2) is 0 Å². The molecular weight excluding hydrogens is 190 g/mol. The standard InChI is InChI=1S/C7H13N3O2S/c1-7(2,11)4-13-6-10-9-5(3-8)12-6/h11H,3-4,8H2,1-2H3. The maximum absolute atomic E-state index is 9.41. The Morgan fingerprint density at radius 3 is 2.69 bits per heavy atom. The van der Waals surface area contributed by atoms with Crippen molar-refractivity contribution < 1.29 is 9.52 Å². The third-order valence-corrected chi connectivity index (χ3v) is 2.43. The van der Waals surface area contributed by atoms with E-state index < -0.39 is 5.60 Å². The molecule has 3 N–H and O–H groups in total. The van der Waals surface area contributed by atoms with Crippen LogP contribution in [0.5, 0.6) is 0 Å². The number of aliphatic hydroxyl groups is 1. The molecule has 0 saturated carbocycles. The van der Waals surface area contributed by atoms with E-state index in [0.717, 1.165) is 0 Å². The van der Waals surface area contributed by atoms with Crippen molar-refractivity contribution in [2.45, 2.75) is 31.2 Å². The SMILES string of the molecule is CC(C)(O)CSc1nnc(CN)o1. The summed E-state index contributed by atoms with van der Waals surface area (Å²) in [5.74, 6) is 0.928. The van der Waals surface area contributed by atoms with Crippen LogP contribution in [0.15, 0.2) is 9.64 Å². The molecule has 0 saturated heterocycles. The second-order valence-electron chi connectivity index (χ2n) is 3.27. The minimum atomic E-state index is -0.734. The Balaban J connectivity index is 2.46. The Labute approximate surface area is 80.7 Å². The lowest BCUT2D eigenvalue weighted by Crippen LogP contribution is -2.21. The van der Waals surface area contributed by atoms with Gasteiger partial charge in [0, 0.05) is 5.75 Å². The van der Waals surface area contributed by atoms with Crippen molar-refractivity contribution in [1.29, 1.82) is 0 Å². The zero-order chi connectivity index (χ0) is 9.90. The second-order valence-corrected chi connectivity index (χ2v) is 4.19. The minimum Gasteiger partial charge on any atom is -0.415 e. The molecule has 6 heteroatoms. The molecule has 1 aromatic heterocycles. The quantitative estimate of drug-likeness (QED) is 0.689. The van der Waals surface area contributed by atoms with Crippen molar-refractivity contribution in [3.63, 3.8) is 0 Å². The summed E-state index contributed by atoms with van der Waals surface area (Å²) in [7, 11) is 0. The lowest BCUT2D eigenvalue weighted by molar-refractivity contribution is 0.106. The summed E-state index contributed by atoms with van der Waals surface area (Å²) < 4.78 is 5.13. The Morgan fingerprint density at radius 2 is 2.23 bits per heavy atom. The Bertz CT molecular complexity index is 269. The average molecular weight is 203 g/mol. The van der Waals surface area contributed by atoms with E-state index in [9.17, 15) is 5.11 Å². The Kier molecular flexibility index (Phi) is 3.29. The van der Waals surface area contributed by atoms with Gasteiger partial charge in [-0.2, -0.15) is 0 Å². The van der Waals surface area contributed by atoms with Crippen molar-refractivity contribution in [3.8, 4) is 0 Å². The fourth-order valence-electron chi connectivity index (χ4n) is 0.617. The molecule has 0 radical (unpaired) electrons. The van der Waals surface area contributed by atoms with E-state index in [4.69, 9.17) is 10.2 Å². The van der Waals surface area contributed by atoms with Crippen LogP contribution in [-0.4, -0.2) is 26.7 Å². The molecule has 1 aromatic rings. The third-order valence-electron chi connectivity index (χ3n) is 1.17. The summed E-state index contributed by atoms with van der Waals surface area (Å²) in [5.41, 5.74) is 4.56. The van der Waals surface area contributed by atoms with Crippen LogP contribution in [0.3, 0.4) is 0 Å². The summed E-state index contributed by atoms with van der Waals surface area (Å²) in [5, 5.41) is 17.3. The van der Waals surface area contributed by atoms with Crippen molar-refractivity contribution in [2.24, 2.45) is 5.73 Å². The van der Waals surface area contributed by atoms with Gasteiger partial charge in [0.25, 0.3) is 5.22 Å². The van der Waals surface area contributed by atoms with Gasteiger partial charge in [-0.1, -0.05) is 11.8 Å². The van der Waals surface area contributed by atoms with E-state index in [2.05, 4.69) is 10.2 Å². The van der Waals surface area contributed by atoms with E-state index in [1.165, 1.54) is 11.8 Å². The minimum absolute atomic E-state index is 0.246. The summed E-state index contributed by atoms with van der Waals surface area (Å²) >= 11 is 1.32. The molecule has 0 aliphatic heterocycles. The summed E-state index contributed by atoms with van der Waals surface area (Å²) in [6.07, 6.45) is 0. The van der Waals surface area contributed by atoms with Crippen LogP contribution in [0.2, 0.25) is 0 Å². The highest BCUT2D eigenvalue weighted by atomic mass is 32.2. The first-order valence-electron chi connectivity index (χ1n) is 3.89. The first-order valence-corrected chi connectivity index (χ1v) is 4.87. The average Bonchev–Trinajstić information content (AvgIpc) is 2.47. The van der Waals surface area contributed by atoms with Crippen LogP contribution in [0.4, 0.5) is 0 Å². The molecule has 0 bridgehead atoms. The topological polar surface area (TPSA) is 85.2 Å². The highest BCUT2D eigenvalue weighted by Crippen LogP contribution is 2.20. The maximum atomic E-state index is 9.41. The van der Waals surface area contributed by atoms with E-state index in [1.54, 1.807) is 13.8 Å². The van der Waals surface area contributed by atoms with Crippen LogP contribution in [0.25, 0.3) is 0 Å². The van der Waals surface area contributed by atoms with E-state index in [-0.39, 0.29) is 6.54 Å². The second kappa shape index (κ2) is 4.08. The number of aromatic nitrogens is 2. The molecule has 0 aliphatic rings. The van der Waals surface area contributed by atoms with E-state index in [1.807, 2.05) is 0 Å².